The SMILES string of the molecule is Nc1ccc(C(=O)NCCCN2CCCCCC2=O)cc1. The molecule has 3 N–H and O–H groups in total. The maximum absolute atomic E-state index is 11.9. The van der Waals surface area contributed by atoms with Crippen LogP contribution < -0.4 is 11.1 Å². The molecule has 0 spiro atoms. The Bertz CT molecular complexity index is 485. The van der Waals surface area contributed by atoms with Gasteiger partial charge in [-0.1, -0.05) is 6.42 Å². The number of rotatable bonds is 5. The van der Waals surface area contributed by atoms with Crippen molar-refractivity contribution >= 4 is 17.5 Å². The number of carbonyl (C=O) groups excluding carboxylic acids is 2. The first-order valence-electron chi connectivity index (χ1n) is 7.58. The molecule has 0 bridgehead atoms. The molecule has 0 aliphatic carbocycles. The van der Waals surface area contributed by atoms with E-state index in [4.69, 9.17) is 5.73 Å². The second kappa shape index (κ2) is 7.67. The standard InChI is InChI=1S/C16H23N3O2/c17-14-8-6-13(7-9-14)16(21)18-10-4-12-19-11-3-1-2-5-15(19)20/h6-9H,1-5,10-12,17H2,(H,18,21). The number of nitrogens with two attached hydrogens (primary N) is 1. The van der Waals surface area contributed by atoms with Crippen molar-refractivity contribution in [1.82, 2.24) is 10.2 Å². The fraction of sp³-hybridized carbons (Fsp3) is 0.500. The molecule has 5 heteroatoms. The van der Waals surface area contributed by atoms with E-state index in [0.29, 0.717) is 24.2 Å². The summed E-state index contributed by atoms with van der Waals surface area (Å²) in [6, 6.07) is 6.85. The summed E-state index contributed by atoms with van der Waals surface area (Å²) >= 11 is 0. The maximum Gasteiger partial charge on any atom is 0.251 e. The van der Waals surface area contributed by atoms with E-state index >= 15 is 0 Å². The number of hydrogen-bond acceptors (Lipinski definition) is 3. The minimum atomic E-state index is -0.0998. The average molecular weight is 289 g/mol. The van der Waals surface area contributed by atoms with Gasteiger partial charge in [0.15, 0.2) is 0 Å². The number of amides is 2. The van der Waals surface area contributed by atoms with Gasteiger partial charge in [-0.2, -0.15) is 0 Å². The van der Waals surface area contributed by atoms with Crippen molar-refractivity contribution in [1.29, 1.82) is 0 Å². The van der Waals surface area contributed by atoms with Gasteiger partial charge in [0.05, 0.1) is 0 Å². The number of hydrogen-bond donors (Lipinski definition) is 2. The molecule has 5 nitrogen and oxygen atoms in total. The molecule has 2 amide bonds. The van der Waals surface area contributed by atoms with Crippen molar-refractivity contribution in [3.8, 4) is 0 Å². The molecule has 1 aromatic rings. The van der Waals surface area contributed by atoms with Gasteiger partial charge in [0, 0.05) is 37.3 Å². The Morgan fingerprint density at radius 3 is 2.71 bits per heavy atom. The Labute approximate surface area is 125 Å². The van der Waals surface area contributed by atoms with Crippen LogP contribution in [0.4, 0.5) is 5.69 Å². The molecule has 0 unspecified atom stereocenters. The fourth-order valence-electron chi connectivity index (χ4n) is 2.48. The van der Waals surface area contributed by atoms with Crippen LogP contribution in [0, 0.1) is 0 Å². The summed E-state index contributed by atoms with van der Waals surface area (Å²) < 4.78 is 0. The van der Waals surface area contributed by atoms with E-state index in [1.165, 1.54) is 0 Å². The number of nitrogens with one attached hydrogen (secondary N) is 1. The predicted molar refractivity (Wildman–Crippen MR) is 82.9 cm³/mol. The van der Waals surface area contributed by atoms with Gasteiger partial charge in [0.1, 0.15) is 0 Å². The van der Waals surface area contributed by atoms with Crippen LogP contribution in [0.5, 0.6) is 0 Å². The molecule has 114 valence electrons. The molecule has 0 radical (unpaired) electrons. The van der Waals surface area contributed by atoms with Gasteiger partial charge in [-0.15, -0.1) is 0 Å². The number of anilines is 1. The van der Waals surface area contributed by atoms with Crippen molar-refractivity contribution in [2.75, 3.05) is 25.4 Å². The van der Waals surface area contributed by atoms with E-state index in [0.717, 1.165) is 38.8 Å². The highest BCUT2D eigenvalue weighted by molar-refractivity contribution is 5.94. The molecule has 0 aromatic heterocycles. The molecule has 21 heavy (non-hydrogen) atoms. The van der Waals surface area contributed by atoms with Crippen LogP contribution in [0.3, 0.4) is 0 Å². The summed E-state index contributed by atoms with van der Waals surface area (Å²) in [7, 11) is 0. The zero-order valence-corrected chi connectivity index (χ0v) is 12.3. The van der Waals surface area contributed by atoms with Gasteiger partial charge in [-0.3, -0.25) is 9.59 Å². The Morgan fingerprint density at radius 2 is 1.95 bits per heavy atom. The Balaban J connectivity index is 1.70. The number of benzene rings is 1. The van der Waals surface area contributed by atoms with Crippen molar-refractivity contribution in [2.24, 2.45) is 0 Å². The lowest BCUT2D eigenvalue weighted by molar-refractivity contribution is -0.130. The van der Waals surface area contributed by atoms with Crippen LogP contribution in [0.1, 0.15) is 42.5 Å². The van der Waals surface area contributed by atoms with Crippen LogP contribution in [0.25, 0.3) is 0 Å². The quantitative estimate of drug-likeness (QED) is 0.641. The third-order valence-corrected chi connectivity index (χ3v) is 3.73. The predicted octanol–water partition coefficient (Wildman–Crippen LogP) is 1.79. The van der Waals surface area contributed by atoms with Gasteiger partial charge in [0.25, 0.3) is 5.91 Å². The van der Waals surface area contributed by atoms with E-state index in [9.17, 15) is 9.59 Å². The van der Waals surface area contributed by atoms with Gasteiger partial charge in [-0.25, -0.2) is 0 Å². The van der Waals surface area contributed by atoms with Crippen molar-refractivity contribution in [3.05, 3.63) is 29.8 Å². The van der Waals surface area contributed by atoms with Crippen LogP contribution in [0.15, 0.2) is 24.3 Å². The van der Waals surface area contributed by atoms with E-state index in [2.05, 4.69) is 5.32 Å². The highest BCUT2D eigenvalue weighted by atomic mass is 16.2. The fourth-order valence-corrected chi connectivity index (χ4v) is 2.48. The summed E-state index contributed by atoms with van der Waals surface area (Å²) in [5, 5.41) is 2.87. The minimum Gasteiger partial charge on any atom is -0.399 e. The van der Waals surface area contributed by atoms with Crippen LogP contribution in [-0.2, 0) is 4.79 Å². The topological polar surface area (TPSA) is 75.4 Å². The van der Waals surface area contributed by atoms with Gasteiger partial charge in [-0.05, 0) is 43.5 Å². The zero-order valence-electron chi connectivity index (χ0n) is 12.3. The molecule has 1 aliphatic rings. The van der Waals surface area contributed by atoms with Gasteiger partial charge < -0.3 is 16.0 Å². The first-order chi connectivity index (χ1) is 10.2. The molecule has 0 atom stereocenters. The number of nitrogen functional groups attached to an aromatic ring is 1. The summed E-state index contributed by atoms with van der Waals surface area (Å²) in [5.41, 5.74) is 6.84. The smallest absolute Gasteiger partial charge is 0.251 e. The Morgan fingerprint density at radius 1 is 1.19 bits per heavy atom. The molecular weight excluding hydrogens is 266 g/mol. The monoisotopic (exact) mass is 289 g/mol. The normalized spacial score (nSPS) is 15.6. The minimum absolute atomic E-state index is 0.0998. The van der Waals surface area contributed by atoms with E-state index < -0.39 is 0 Å². The van der Waals surface area contributed by atoms with Crippen LogP contribution in [0.2, 0.25) is 0 Å². The molecule has 0 saturated carbocycles. The lowest BCUT2D eigenvalue weighted by Crippen LogP contribution is -2.34. The third-order valence-electron chi connectivity index (χ3n) is 3.73. The lowest BCUT2D eigenvalue weighted by Gasteiger charge is -2.20. The van der Waals surface area contributed by atoms with Gasteiger partial charge in [0.2, 0.25) is 5.91 Å². The van der Waals surface area contributed by atoms with Crippen LogP contribution >= 0.6 is 0 Å². The average Bonchev–Trinajstić information content (AvgIpc) is 2.69. The number of likely N-dealkylation sites (tertiary alicyclic amines) is 1. The van der Waals surface area contributed by atoms with Gasteiger partial charge >= 0.3 is 0 Å². The number of nitrogens with zero attached hydrogens (tertiary/aromatic N) is 1. The Hall–Kier alpha value is -2.04. The van der Waals surface area contributed by atoms with Crippen LogP contribution in [-0.4, -0.2) is 36.3 Å². The molecule has 2 rings (SSSR count). The largest absolute Gasteiger partial charge is 0.399 e. The summed E-state index contributed by atoms with van der Waals surface area (Å²) in [4.78, 5) is 25.6. The summed E-state index contributed by atoms with van der Waals surface area (Å²) in [6.45, 7) is 2.15. The highest BCUT2D eigenvalue weighted by Gasteiger charge is 2.15. The van der Waals surface area contributed by atoms with Crippen molar-refractivity contribution in [2.45, 2.75) is 32.1 Å². The third kappa shape index (κ3) is 4.77. The molecule has 1 aromatic carbocycles. The molecule has 1 saturated heterocycles. The van der Waals surface area contributed by atoms with Crippen molar-refractivity contribution < 1.29 is 9.59 Å². The molecule has 1 heterocycles. The first-order valence-corrected chi connectivity index (χ1v) is 7.58. The van der Waals surface area contributed by atoms with Crippen molar-refractivity contribution in [3.63, 3.8) is 0 Å². The molecule has 1 aliphatic heterocycles. The summed E-state index contributed by atoms with van der Waals surface area (Å²) in [5.74, 6) is 0.148. The van der Waals surface area contributed by atoms with E-state index in [1.54, 1.807) is 24.3 Å². The molecule has 1 fully saturated rings. The zero-order chi connectivity index (χ0) is 15.1. The van der Waals surface area contributed by atoms with E-state index in [-0.39, 0.29) is 11.8 Å². The second-order valence-corrected chi connectivity index (χ2v) is 5.42. The Kier molecular flexibility index (Phi) is 5.60. The second-order valence-electron chi connectivity index (χ2n) is 5.42. The lowest BCUT2D eigenvalue weighted by atomic mass is 10.2. The summed E-state index contributed by atoms with van der Waals surface area (Å²) in [6.07, 6.45) is 4.67. The maximum atomic E-state index is 11.9. The first kappa shape index (κ1) is 15.4. The number of carbonyl (C=O) groups is 2. The highest BCUT2D eigenvalue weighted by Crippen LogP contribution is 2.11. The molecular formula is C16H23N3O2. The van der Waals surface area contributed by atoms with E-state index in [1.807, 2.05) is 4.90 Å².